The lowest BCUT2D eigenvalue weighted by Crippen LogP contribution is -2.50. The number of benzene rings is 2. The van der Waals surface area contributed by atoms with Crippen LogP contribution >= 0.6 is 11.6 Å². The van der Waals surface area contributed by atoms with Gasteiger partial charge in [-0.1, -0.05) is 17.7 Å². The number of carbonyl (C=O) groups excluding carboxylic acids is 3. The average Bonchev–Trinajstić information content (AvgIpc) is 3.03. The van der Waals surface area contributed by atoms with Crippen LogP contribution in [0.3, 0.4) is 0 Å². The Morgan fingerprint density at radius 2 is 1.70 bits per heavy atom. The Balaban J connectivity index is 1.44. The van der Waals surface area contributed by atoms with Crippen LogP contribution in [0.15, 0.2) is 47.4 Å². The molecule has 33 heavy (non-hydrogen) atoms. The van der Waals surface area contributed by atoms with Crippen LogP contribution in [0, 0.1) is 12.8 Å². The van der Waals surface area contributed by atoms with Crippen LogP contribution in [0.1, 0.15) is 31.2 Å². The maximum absolute atomic E-state index is 12.9. The summed E-state index contributed by atoms with van der Waals surface area (Å²) in [5.41, 5.74) is 0.311. The van der Waals surface area contributed by atoms with Gasteiger partial charge >= 0.3 is 6.03 Å². The Labute approximate surface area is 196 Å². The summed E-state index contributed by atoms with van der Waals surface area (Å²) in [6, 6.07) is 10.5. The van der Waals surface area contributed by atoms with E-state index in [1.165, 1.54) is 6.07 Å². The van der Waals surface area contributed by atoms with Crippen LogP contribution in [-0.2, 0) is 19.6 Å². The topological polar surface area (TPSA) is 133 Å². The summed E-state index contributed by atoms with van der Waals surface area (Å²) >= 11 is 5.85. The normalized spacial score (nSPS) is 22.5. The zero-order valence-corrected chi connectivity index (χ0v) is 19.3. The van der Waals surface area contributed by atoms with E-state index in [4.69, 9.17) is 11.6 Å². The lowest BCUT2D eigenvalue weighted by atomic mass is 9.76. The Morgan fingerprint density at radius 3 is 2.30 bits per heavy atom. The number of imide groups is 1. The summed E-state index contributed by atoms with van der Waals surface area (Å²) < 4.78 is 28.3. The number of aryl methyl sites for hydroxylation is 1. The van der Waals surface area contributed by atoms with Crippen molar-refractivity contribution < 1.29 is 22.8 Å². The summed E-state index contributed by atoms with van der Waals surface area (Å²) in [5, 5.41) is 8.19. The molecule has 1 spiro atoms. The van der Waals surface area contributed by atoms with Crippen LogP contribution in [0.5, 0.6) is 0 Å². The molecule has 0 radical (unpaired) electrons. The molecule has 9 nitrogen and oxygen atoms in total. The van der Waals surface area contributed by atoms with E-state index in [1.54, 1.807) is 43.3 Å². The molecule has 1 heterocycles. The van der Waals surface area contributed by atoms with Gasteiger partial charge in [0, 0.05) is 22.3 Å². The molecule has 0 atom stereocenters. The molecule has 1 aliphatic carbocycles. The molecular weight excluding hydrogens is 468 g/mol. The zero-order chi connectivity index (χ0) is 23.8. The molecule has 1 saturated heterocycles. The number of hydrogen-bond acceptors (Lipinski definition) is 5. The molecule has 0 bridgehead atoms. The largest absolute Gasteiger partial charge is 0.326 e. The van der Waals surface area contributed by atoms with E-state index >= 15 is 0 Å². The van der Waals surface area contributed by atoms with Gasteiger partial charge in [-0.2, -0.15) is 0 Å². The van der Waals surface area contributed by atoms with E-state index in [2.05, 4.69) is 20.7 Å². The van der Waals surface area contributed by atoms with E-state index in [-0.39, 0.29) is 22.6 Å². The van der Waals surface area contributed by atoms with Gasteiger partial charge in [-0.05, 0) is 74.6 Å². The monoisotopic (exact) mass is 490 g/mol. The predicted octanol–water partition coefficient (Wildman–Crippen LogP) is 3.16. The van der Waals surface area contributed by atoms with Crippen molar-refractivity contribution >= 4 is 50.8 Å². The first-order valence-electron chi connectivity index (χ1n) is 10.4. The highest BCUT2D eigenvalue weighted by molar-refractivity contribution is 7.92. The van der Waals surface area contributed by atoms with E-state index in [0.29, 0.717) is 47.6 Å². The van der Waals surface area contributed by atoms with Crippen molar-refractivity contribution in [2.45, 2.75) is 43.0 Å². The van der Waals surface area contributed by atoms with Gasteiger partial charge in [0.1, 0.15) is 5.54 Å². The van der Waals surface area contributed by atoms with E-state index in [0.717, 1.165) is 0 Å². The Morgan fingerprint density at radius 1 is 1.06 bits per heavy atom. The third-order valence-electron chi connectivity index (χ3n) is 6.07. The van der Waals surface area contributed by atoms with Gasteiger partial charge in [0.15, 0.2) is 0 Å². The minimum Gasteiger partial charge on any atom is -0.326 e. The number of urea groups is 1. The fourth-order valence-electron chi connectivity index (χ4n) is 4.19. The number of sulfonamides is 1. The van der Waals surface area contributed by atoms with Gasteiger partial charge in [-0.3, -0.25) is 19.6 Å². The SMILES string of the molecule is Cc1ccc(NC(=O)C2CCC3(CC2)NC(=O)NC3=O)cc1S(=O)(=O)Nc1ccc(Cl)cc1. The summed E-state index contributed by atoms with van der Waals surface area (Å²) in [5.74, 6) is -0.963. The number of anilines is 2. The van der Waals surface area contributed by atoms with Crippen molar-refractivity contribution in [2.24, 2.45) is 5.92 Å². The van der Waals surface area contributed by atoms with E-state index in [9.17, 15) is 22.8 Å². The maximum atomic E-state index is 12.9. The number of carbonyl (C=O) groups is 3. The fourth-order valence-corrected chi connectivity index (χ4v) is 5.65. The smallest absolute Gasteiger partial charge is 0.322 e. The van der Waals surface area contributed by atoms with Gasteiger partial charge in [0.2, 0.25) is 5.91 Å². The van der Waals surface area contributed by atoms with Crippen LogP contribution < -0.4 is 20.7 Å². The first-order chi connectivity index (χ1) is 15.6. The highest BCUT2D eigenvalue weighted by atomic mass is 35.5. The first-order valence-corrected chi connectivity index (χ1v) is 12.3. The number of rotatable bonds is 5. The molecule has 2 aromatic carbocycles. The van der Waals surface area contributed by atoms with E-state index in [1.807, 2.05) is 0 Å². The van der Waals surface area contributed by atoms with Gasteiger partial charge in [-0.15, -0.1) is 0 Å². The summed E-state index contributed by atoms with van der Waals surface area (Å²) in [7, 11) is -3.90. The number of amides is 4. The molecule has 0 aromatic heterocycles. The van der Waals surface area contributed by atoms with Crippen LogP contribution in [-0.4, -0.2) is 31.8 Å². The lowest BCUT2D eigenvalue weighted by Gasteiger charge is -2.33. The van der Waals surface area contributed by atoms with Crippen LogP contribution in [0.2, 0.25) is 5.02 Å². The molecule has 11 heteroatoms. The molecule has 4 N–H and O–H groups in total. The van der Waals surface area contributed by atoms with Crippen LogP contribution in [0.25, 0.3) is 0 Å². The second kappa shape index (κ2) is 8.68. The van der Waals surface area contributed by atoms with E-state index < -0.39 is 21.6 Å². The molecule has 2 aromatic rings. The second-order valence-electron chi connectivity index (χ2n) is 8.35. The third kappa shape index (κ3) is 4.81. The maximum Gasteiger partial charge on any atom is 0.322 e. The highest BCUT2D eigenvalue weighted by Gasteiger charge is 2.48. The van der Waals surface area contributed by atoms with Crippen molar-refractivity contribution in [1.29, 1.82) is 0 Å². The first kappa shape index (κ1) is 23.1. The molecule has 1 saturated carbocycles. The van der Waals surface area contributed by atoms with Crippen molar-refractivity contribution in [3.8, 4) is 0 Å². The second-order valence-corrected chi connectivity index (χ2v) is 10.4. The van der Waals surface area contributed by atoms with Gasteiger partial charge in [0.05, 0.1) is 4.90 Å². The average molecular weight is 491 g/mol. The minimum atomic E-state index is -3.90. The minimum absolute atomic E-state index is 0.0446. The standard InChI is InChI=1S/C22H23ClN4O5S/c1-13-2-5-17(12-18(13)33(31,32)27-16-6-3-15(23)4-7-16)24-19(28)14-8-10-22(11-9-14)20(29)25-21(30)26-22/h2-7,12,14,27H,8-11H2,1H3,(H,24,28)(H2,25,26,29,30). The van der Waals surface area contributed by atoms with Crippen molar-refractivity contribution in [3.05, 3.63) is 53.1 Å². The number of halogens is 1. The zero-order valence-electron chi connectivity index (χ0n) is 17.8. The number of hydrogen-bond donors (Lipinski definition) is 4. The Bertz CT molecular complexity index is 1220. The summed E-state index contributed by atoms with van der Waals surface area (Å²) in [6.45, 7) is 1.67. The van der Waals surface area contributed by atoms with Crippen molar-refractivity contribution in [3.63, 3.8) is 0 Å². The highest BCUT2D eigenvalue weighted by Crippen LogP contribution is 2.35. The molecular formula is C22H23ClN4O5S. The van der Waals surface area contributed by atoms with Crippen molar-refractivity contribution in [1.82, 2.24) is 10.6 Å². The molecule has 174 valence electrons. The third-order valence-corrected chi connectivity index (χ3v) is 7.84. The molecule has 4 rings (SSSR count). The molecule has 0 unspecified atom stereocenters. The quantitative estimate of drug-likeness (QED) is 0.478. The Kier molecular flexibility index (Phi) is 6.06. The van der Waals surface area contributed by atoms with Crippen molar-refractivity contribution in [2.75, 3.05) is 10.0 Å². The van der Waals surface area contributed by atoms with Crippen LogP contribution in [0.4, 0.5) is 16.2 Å². The fraction of sp³-hybridized carbons (Fsp3) is 0.318. The van der Waals surface area contributed by atoms with Gasteiger partial charge in [0.25, 0.3) is 15.9 Å². The molecule has 2 aliphatic rings. The predicted molar refractivity (Wildman–Crippen MR) is 123 cm³/mol. The van der Waals surface area contributed by atoms with Gasteiger partial charge < -0.3 is 10.6 Å². The summed E-state index contributed by atoms with van der Waals surface area (Å²) in [6.07, 6.45) is 1.58. The molecule has 4 amide bonds. The van der Waals surface area contributed by atoms with Gasteiger partial charge in [-0.25, -0.2) is 13.2 Å². The lowest BCUT2D eigenvalue weighted by molar-refractivity contribution is -0.128. The summed E-state index contributed by atoms with van der Waals surface area (Å²) in [4.78, 5) is 36.4. The Hall–Kier alpha value is -3.11. The number of nitrogens with one attached hydrogen (secondary N) is 4. The molecule has 2 fully saturated rings. The molecule has 1 aliphatic heterocycles.